The number of hydrogen-bond donors (Lipinski definition) is 0. The van der Waals surface area contributed by atoms with E-state index in [4.69, 9.17) is 16.3 Å². The van der Waals surface area contributed by atoms with Gasteiger partial charge in [-0.2, -0.15) is 0 Å². The summed E-state index contributed by atoms with van der Waals surface area (Å²) in [5, 5.41) is 0. The quantitative estimate of drug-likeness (QED) is 0.633. The maximum absolute atomic E-state index is 5.49. The van der Waals surface area contributed by atoms with Crippen molar-refractivity contribution in [3.05, 3.63) is 0 Å². The third-order valence-corrected chi connectivity index (χ3v) is 2.33. The lowest BCUT2D eigenvalue weighted by Gasteiger charge is -2.01. The van der Waals surface area contributed by atoms with Crippen molar-refractivity contribution in [3.8, 4) is 0 Å². The zero-order valence-electron chi connectivity index (χ0n) is 4.86. The number of ether oxygens (including phenoxy) is 1. The highest BCUT2D eigenvalue weighted by Gasteiger charge is 1.98. The van der Waals surface area contributed by atoms with E-state index in [9.17, 15) is 0 Å². The maximum Gasteiger partial charge on any atom is 0.0473 e. The van der Waals surface area contributed by atoms with Gasteiger partial charge in [-0.1, -0.05) is 15.9 Å². The van der Waals surface area contributed by atoms with Crippen LogP contribution < -0.4 is 0 Å². The predicted molar refractivity (Wildman–Crippen MR) is 39.9 cm³/mol. The van der Waals surface area contributed by atoms with E-state index in [0.29, 0.717) is 10.7 Å². The van der Waals surface area contributed by atoms with Crippen molar-refractivity contribution in [1.29, 1.82) is 0 Å². The summed E-state index contributed by atoms with van der Waals surface area (Å²) in [5.74, 6) is 0.656. The highest BCUT2D eigenvalue weighted by molar-refractivity contribution is 9.09. The standard InChI is InChI=1S/C5H10BrClO/c1-8-3-2-5(6)4-7/h5H,2-4H2,1H3. The minimum atomic E-state index is 0.407. The first-order valence-electron chi connectivity index (χ1n) is 2.50. The Morgan fingerprint density at radius 1 is 1.75 bits per heavy atom. The van der Waals surface area contributed by atoms with Gasteiger partial charge in [-0.15, -0.1) is 11.6 Å². The molecule has 0 aromatic rings. The largest absolute Gasteiger partial charge is 0.385 e. The van der Waals surface area contributed by atoms with E-state index in [-0.39, 0.29) is 0 Å². The summed E-state index contributed by atoms with van der Waals surface area (Å²) in [4.78, 5) is 0.407. The van der Waals surface area contributed by atoms with Crippen molar-refractivity contribution in [3.63, 3.8) is 0 Å². The van der Waals surface area contributed by atoms with Gasteiger partial charge in [-0.25, -0.2) is 0 Å². The molecule has 1 atom stereocenters. The number of hydrogen-bond acceptors (Lipinski definition) is 1. The molecule has 1 nitrogen and oxygen atoms in total. The first kappa shape index (κ1) is 8.73. The van der Waals surface area contributed by atoms with Crippen LogP contribution in [0.2, 0.25) is 0 Å². The molecule has 0 bridgehead atoms. The molecule has 0 saturated carbocycles. The van der Waals surface area contributed by atoms with Gasteiger partial charge in [0.1, 0.15) is 0 Å². The van der Waals surface area contributed by atoms with Gasteiger partial charge in [0.25, 0.3) is 0 Å². The fraction of sp³-hybridized carbons (Fsp3) is 1.00. The van der Waals surface area contributed by atoms with Gasteiger partial charge >= 0.3 is 0 Å². The zero-order valence-corrected chi connectivity index (χ0v) is 7.20. The van der Waals surface area contributed by atoms with E-state index < -0.39 is 0 Å². The average Bonchev–Trinajstić information content (AvgIpc) is 1.83. The highest BCUT2D eigenvalue weighted by atomic mass is 79.9. The molecule has 0 aromatic heterocycles. The molecule has 0 N–H and O–H groups in total. The van der Waals surface area contributed by atoms with Gasteiger partial charge in [0.05, 0.1) is 0 Å². The van der Waals surface area contributed by atoms with Crippen LogP contribution in [0.15, 0.2) is 0 Å². The minimum absolute atomic E-state index is 0.407. The second-order valence-corrected chi connectivity index (χ2v) is 3.14. The molecule has 0 amide bonds. The molecule has 0 aliphatic rings. The van der Waals surface area contributed by atoms with Crippen LogP contribution in [0.3, 0.4) is 0 Å². The Morgan fingerprint density at radius 3 is 2.75 bits per heavy atom. The molecule has 50 valence electrons. The second-order valence-electron chi connectivity index (χ2n) is 1.53. The molecule has 0 radical (unpaired) electrons. The van der Waals surface area contributed by atoms with Crippen LogP contribution in [0.1, 0.15) is 6.42 Å². The van der Waals surface area contributed by atoms with Crippen molar-refractivity contribution >= 4 is 27.5 Å². The summed E-state index contributed by atoms with van der Waals surface area (Å²) in [5.41, 5.74) is 0. The van der Waals surface area contributed by atoms with E-state index in [1.165, 1.54) is 0 Å². The molecule has 3 heteroatoms. The fourth-order valence-corrected chi connectivity index (χ4v) is 0.664. The van der Waals surface area contributed by atoms with Crippen molar-refractivity contribution in [1.82, 2.24) is 0 Å². The van der Waals surface area contributed by atoms with E-state index in [0.717, 1.165) is 13.0 Å². The van der Waals surface area contributed by atoms with Crippen molar-refractivity contribution in [2.75, 3.05) is 19.6 Å². The van der Waals surface area contributed by atoms with Gasteiger partial charge < -0.3 is 4.74 Å². The van der Waals surface area contributed by atoms with Crippen LogP contribution in [-0.2, 0) is 4.74 Å². The molecule has 0 fully saturated rings. The van der Waals surface area contributed by atoms with Crippen LogP contribution in [-0.4, -0.2) is 24.4 Å². The van der Waals surface area contributed by atoms with E-state index >= 15 is 0 Å². The SMILES string of the molecule is COCCC(Br)CCl. The lowest BCUT2D eigenvalue weighted by molar-refractivity contribution is 0.196. The second kappa shape index (κ2) is 5.86. The number of rotatable bonds is 4. The average molecular weight is 201 g/mol. The maximum atomic E-state index is 5.49. The Morgan fingerprint density at radius 2 is 2.38 bits per heavy atom. The van der Waals surface area contributed by atoms with Crippen LogP contribution in [0.4, 0.5) is 0 Å². The Labute approximate surface area is 63.5 Å². The molecule has 0 saturated heterocycles. The highest BCUT2D eigenvalue weighted by Crippen LogP contribution is 2.05. The van der Waals surface area contributed by atoms with Gasteiger partial charge in [0.15, 0.2) is 0 Å². The molecule has 0 heterocycles. The Kier molecular flexibility index (Phi) is 6.39. The lowest BCUT2D eigenvalue weighted by Crippen LogP contribution is -2.03. The number of methoxy groups -OCH3 is 1. The summed E-state index contributed by atoms with van der Waals surface area (Å²) in [7, 11) is 1.69. The van der Waals surface area contributed by atoms with Crippen LogP contribution in [0.25, 0.3) is 0 Å². The summed E-state index contributed by atoms with van der Waals surface area (Å²) in [6.45, 7) is 0.780. The molecule has 0 aliphatic carbocycles. The van der Waals surface area contributed by atoms with Gasteiger partial charge in [0.2, 0.25) is 0 Å². The molecule has 0 aromatic carbocycles. The zero-order chi connectivity index (χ0) is 6.41. The molecule has 0 rings (SSSR count). The topological polar surface area (TPSA) is 9.23 Å². The van der Waals surface area contributed by atoms with Crippen molar-refractivity contribution in [2.24, 2.45) is 0 Å². The van der Waals surface area contributed by atoms with Crippen molar-refractivity contribution in [2.45, 2.75) is 11.2 Å². The minimum Gasteiger partial charge on any atom is -0.385 e. The molecular formula is C5H10BrClO. The predicted octanol–water partition coefficient (Wildman–Crippen LogP) is 2.03. The molecule has 8 heavy (non-hydrogen) atoms. The fourth-order valence-electron chi connectivity index (χ4n) is 0.323. The Bertz CT molecular complexity index is 51.7. The van der Waals surface area contributed by atoms with Gasteiger partial charge in [-0.05, 0) is 6.42 Å². The number of halogens is 2. The van der Waals surface area contributed by atoms with E-state index in [2.05, 4.69) is 15.9 Å². The van der Waals surface area contributed by atoms with Gasteiger partial charge in [0, 0.05) is 24.4 Å². The number of alkyl halides is 2. The third-order valence-electron chi connectivity index (χ3n) is 0.803. The van der Waals surface area contributed by atoms with Crippen LogP contribution >= 0.6 is 27.5 Å². The smallest absolute Gasteiger partial charge is 0.0473 e. The summed E-state index contributed by atoms with van der Waals surface area (Å²) in [6, 6.07) is 0. The van der Waals surface area contributed by atoms with Crippen LogP contribution in [0.5, 0.6) is 0 Å². The first-order valence-corrected chi connectivity index (χ1v) is 3.95. The first-order chi connectivity index (χ1) is 3.81. The summed E-state index contributed by atoms with van der Waals surface area (Å²) in [6.07, 6.45) is 0.986. The van der Waals surface area contributed by atoms with Crippen molar-refractivity contribution < 1.29 is 4.74 Å². The molecule has 0 aliphatic heterocycles. The normalized spacial score (nSPS) is 13.9. The monoisotopic (exact) mass is 200 g/mol. The molecule has 1 unspecified atom stereocenters. The van der Waals surface area contributed by atoms with Gasteiger partial charge in [-0.3, -0.25) is 0 Å². The van der Waals surface area contributed by atoms with Crippen LogP contribution in [0, 0.1) is 0 Å². The van der Waals surface area contributed by atoms with E-state index in [1.807, 2.05) is 0 Å². The molecule has 0 spiro atoms. The lowest BCUT2D eigenvalue weighted by atomic mass is 10.4. The Hall–Kier alpha value is 0.730. The third kappa shape index (κ3) is 4.88. The summed E-state index contributed by atoms with van der Waals surface area (Å²) >= 11 is 8.85. The van der Waals surface area contributed by atoms with E-state index in [1.54, 1.807) is 7.11 Å². The Balaban J connectivity index is 2.86. The molecular weight excluding hydrogens is 191 g/mol. The summed E-state index contributed by atoms with van der Waals surface area (Å²) < 4.78 is 4.83.